The molecular formula is C19H22N4O2. The molecule has 0 radical (unpaired) electrons. The average molecular weight is 338 g/mol. The Labute approximate surface area is 147 Å². The van der Waals surface area contributed by atoms with E-state index in [-0.39, 0.29) is 17.4 Å². The molecular weight excluding hydrogens is 316 g/mol. The van der Waals surface area contributed by atoms with Gasteiger partial charge in [0.1, 0.15) is 5.69 Å². The van der Waals surface area contributed by atoms with Gasteiger partial charge in [-0.25, -0.2) is 0 Å². The number of hydrogen-bond acceptors (Lipinski definition) is 5. The van der Waals surface area contributed by atoms with Gasteiger partial charge in [0.05, 0.1) is 18.4 Å². The largest absolute Gasteiger partial charge is 0.377 e. The summed E-state index contributed by atoms with van der Waals surface area (Å²) >= 11 is 0. The number of hydrogen-bond donors (Lipinski definition) is 0. The Bertz CT molecular complexity index is 715. The zero-order chi connectivity index (χ0) is 17.1. The van der Waals surface area contributed by atoms with Crippen LogP contribution in [0.1, 0.15) is 35.4 Å². The van der Waals surface area contributed by atoms with Gasteiger partial charge >= 0.3 is 0 Å². The molecule has 1 spiro atoms. The first kappa shape index (κ1) is 16.1. The van der Waals surface area contributed by atoms with Crippen molar-refractivity contribution in [2.75, 3.05) is 19.7 Å². The Morgan fingerprint density at radius 2 is 2.08 bits per heavy atom. The van der Waals surface area contributed by atoms with Gasteiger partial charge < -0.3 is 9.64 Å². The number of pyridine rings is 1. The van der Waals surface area contributed by atoms with Crippen LogP contribution in [0.4, 0.5) is 0 Å². The Morgan fingerprint density at radius 1 is 1.20 bits per heavy atom. The molecule has 2 saturated heterocycles. The lowest BCUT2D eigenvalue weighted by Crippen LogP contribution is -2.43. The number of aromatic nitrogens is 3. The first-order valence-corrected chi connectivity index (χ1v) is 8.81. The molecule has 4 rings (SSSR count). The Kier molecular flexibility index (Phi) is 4.44. The first-order valence-electron chi connectivity index (χ1n) is 8.81. The quantitative estimate of drug-likeness (QED) is 0.857. The molecule has 25 heavy (non-hydrogen) atoms. The Morgan fingerprint density at radius 3 is 2.80 bits per heavy atom. The summed E-state index contributed by atoms with van der Waals surface area (Å²) in [5.74, 6) is 0.0328. The topological polar surface area (TPSA) is 68.2 Å². The van der Waals surface area contributed by atoms with Crippen LogP contribution in [0.2, 0.25) is 0 Å². The van der Waals surface area contributed by atoms with Gasteiger partial charge in [-0.15, -0.1) is 0 Å². The van der Waals surface area contributed by atoms with Crippen molar-refractivity contribution in [1.29, 1.82) is 0 Å². The molecule has 0 saturated carbocycles. The third-order valence-corrected chi connectivity index (χ3v) is 5.33. The highest BCUT2D eigenvalue weighted by molar-refractivity contribution is 5.92. The molecule has 0 aliphatic carbocycles. The molecule has 130 valence electrons. The summed E-state index contributed by atoms with van der Waals surface area (Å²) < 4.78 is 6.05. The van der Waals surface area contributed by atoms with Crippen LogP contribution in [0, 0.1) is 5.41 Å². The summed E-state index contributed by atoms with van der Waals surface area (Å²) in [4.78, 5) is 27.1. The van der Waals surface area contributed by atoms with Crippen molar-refractivity contribution < 1.29 is 9.53 Å². The maximum Gasteiger partial charge on any atom is 0.272 e. The second kappa shape index (κ2) is 6.88. The van der Waals surface area contributed by atoms with Crippen molar-refractivity contribution in [3.05, 3.63) is 54.4 Å². The molecule has 2 aliphatic rings. The van der Waals surface area contributed by atoms with E-state index in [1.807, 2.05) is 23.2 Å². The molecule has 1 atom stereocenters. The molecule has 2 aromatic rings. The maximum atomic E-state index is 12.5. The first-order chi connectivity index (χ1) is 12.2. The summed E-state index contributed by atoms with van der Waals surface area (Å²) in [7, 11) is 0. The van der Waals surface area contributed by atoms with Crippen molar-refractivity contribution in [2.45, 2.75) is 31.8 Å². The highest BCUT2D eigenvalue weighted by Gasteiger charge is 2.43. The minimum atomic E-state index is 0.0328. The summed E-state index contributed by atoms with van der Waals surface area (Å²) in [6.07, 6.45) is 10.9. The molecule has 0 aromatic carbocycles. The summed E-state index contributed by atoms with van der Waals surface area (Å²) in [6, 6.07) is 5.46. The summed E-state index contributed by atoms with van der Waals surface area (Å²) in [5, 5.41) is 0. The normalized spacial score (nSPS) is 22.2. The summed E-state index contributed by atoms with van der Waals surface area (Å²) in [5.41, 5.74) is 1.71. The van der Waals surface area contributed by atoms with Crippen LogP contribution >= 0.6 is 0 Å². The molecule has 0 N–H and O–H groups in total. The number of nitrogens with zero attached hydrogens (tertiary/aromatic N) is 4. The number of carbonyl (C=O) groups is 1. The average Bonchev–Trinajstić information content (AvgIpc) is 3.05. The van der Waals surface area contributed by atoms with E-state index in [1.54, 1.807) is 24.7 Å². The van der Waals surface area contributed by atoms with Gasteiger partial charge in [-0.3, -0.25) is 19.7 Å². The fraction of sp³-hybridized carbons (Fsp3) is 0.474. The van der Waals surface area contributed by atoms with Crippen molar-refractivity contribution in [2.24, 2.45) is 5.41 Å². The molecule has 4 heterocycles. The van der Waals surface area contributed by atoms with E-state index in [0.717, 1.165) is 51.1 Å². The van der Waals surface area contributed by atoms with Crippen LogP contribution in [0.25, 0.3) is 0 Å². The Balaban J connectivity index is 1.33. The standard InChI is InChI=1S/C19H22N4O2/c24-18(17-3-1-2-6-22-17)23-9-4-19(5-10-23)12-16(25-14-19)11-15-13-20-7-8-21-15/h1-3,6-8,13,16H,4-5,9-12,14H2/t16-/m0/s1. The van der Waals surface area contributed by atoms with Crippen molar-refractivity contribution in [1.82, 2.24) is 19.9 Å². The van der Waals surface area contributed by atoms with Gasteiger partial charge in [0.2, 0.25) is 0 Å². The van der Waals surface area contributed by atoms with E-state index in [1.165, 1.54) is 0 Å². The predicted octanol–water partition coefficient (Wildman–Crippen LogP) is 2.13. The summed E-state index contributed by atoms with van der Waals surface area (Å²) in [6.45, 7) is 2.33. The highest BCUT2D eigenvalue weighted by Crippen LogP contribution is 2.42. The number of likely N-dealkylation sites (tertiary alicyclic amines) is 1. The predicted molar refractivity (Wildman–Crippen MR) is 91.9 cm³/mol. The van der Waals surface area contributed by atoms with Gasteiger partial charge in [-0.2, -0.15) is 0 Å². The van der Waals surface area contributed by atoms with Gasteiger partial charge in [-0.05, 0) is 36.8 Å². The third kappa shape index (κ3) is 3.54. The second-order valence-electron chi connectivity index (χ2n) is 7.05. The maximum absolute atomic E-state index is 12.5. The molecule has 2 fully saturated rings. The number of ether oxygens (including phenoxy) is 1. The minimum Gasteiger partial charge on any atom is -0.377 e. The van der Waals surface area contributed by atoms with Crippen molar-refractivity contribution in [3.8, 4) is 0 Å². The van der Waals surface area contributed by atoms with Gasteiger partial charge in [0, 0.05) is 44.3 Å². The molecule has 2 aromatic heterocycles. The fourth-order valence-corrected chi connectivity index (χ4v) is 3.88. The fourth-order valence-electron chi connectivity index (χ4n) is 3.88. The van der Waals surface area contributed by atoms with E-state index >= 15 is 0 Å². The van der Waals surface area contributed by atoms with E-state index in [9.17, 15) is 4.79 Å². The van der Waals surface area contributed by atoms with E-state index in [0.29, 0.717) is 5.69 Å². The van der Waals surface area contributed by atoms with E-state index in [4.69, 9.17) is 4.74 Å². The van der Waals surface area contributed by atoms with Crippen LogP contribution < -0.4 is 0 Å². The van der Waals surface area contributed by atoms with Crippen LogP contribution in [-0.2, 0) is 11.2 Å². The number of rotatable bonds is 3. The van der Waals surface area contributed by atoms with Crippen LogP contribution in [0.3, 0.4) is 0 Å². The van der Waals surface area contributed by atoms with Gasteiger partial charge in [0.15, 0.2) is 0 Å². The molecule has 2 aliphatic heterocycles. The van der Waals surface area contributed by atoms with Gasteiger partial charge in [0.25, 0.3) is 5.91 Å². The zero-order valence-corrected chi connectivity index (χ0v) is 14.2. The molecule has 1 amide bonds. The highest BCUT2D eigenvalue weighted by atomic mass is 16.5. The number of carbonyl (C=O) groups excluding carboxylic acids is 1. The van der Waals surface area contributed by atoms with Gasteiger partial charge in [-0.1, -0.05) is 6.07 Å². The van der Waals surface area contributed by atoms with Crippen LogP contribution in [0.5, 0.6) is 0 Å². The monoisotopic (exact) mass is 338 g/mol. The lowest BCUT2D eigenvalue weighted by molar-refractivity contribution is 0.0491. The van der Waals surface area contributed by atoms with E-state index in [2.05, 4.69) is 15.0 Å². The Hall–Kier alpha value is -2.34. The third-order valence-electron chi connectivity index (χ3n) is 5.33. The molecule has 0 bridgehead atoms. The SMILES string of the molecule is O=C(c1ccccn1)N1CCC2(CC1)CO[C@@H](Cc1cnccn1)C2. The minimum absolute atomic E-state index is 0.0328. The second-order valence-corrected chi connectivity index (χ2v) is 7.05. The van der Waals surface area contributed by atoms with Crippen molar-refractivity contribution in [3.63, 3.8) is 0 Å². The van der Waals surface area contributed by atoms with Crippen molar-refractivity contribution >= 4 is 5.91 Å². The number of piperidine rings is 1. The lowest BCUT2D eigenvalue weighted by atomic mass is 9.76. The molecule has 6 heteroatoms. The number of amides is 1. The van der Waals surface area contributed by atoms with Crippen LogP contribution in [-0.4, -0.2) is 51.6 Å². The van der Waals surface area contributed by atoms with Crippen LogP contribution in [0.15, 0.2) is 43.0 Å². The molecule has 0 unspecified atom stereocenters. The zero-order valence-electron chi connectivity index (χ0n) is 14.2. The lowest BCUT2D eigenvalue weighted by Gasteiger charge is -2.38. The molecule has 6 nitrogen and oxygen atoms in total. The van der Waals surface area contributed by atoms with E-state index < -0.39 is 0 Å². The smallest absolute Gasteiger partial charge is 0.272 e.